The van der Waals surface area contributed by atoms with Gasteiger partial charge in [0, 0.05) is 13.2 Å². The predicted octanol–water partition coefficient (Wildman–Crippen LogP) is 5.93. The Labute approximate surface area is 341 Å². The van der Waals surface area contributed by atoms with Crippen LogP contribution in [0.1, 0.15) is 69.3 Å². The Hall–Kier alpha value is -6.19. The Morgan fingerprint density at radius 1 is 0.746 bits per heavy atom. The number of carbonyl (C=O) groups is 2. The van der Waals surface area contributed by atoms with E-state index in [2.05, 4.69) is 15.0 Å². The van der Waals surface area contributed by atoms with Gasteiger partial charge >= 0.3 is 0 Å². The van der Waals surface area contributed by atoms with Gasteiger partial charge in [-0.25, -0.2) is 15.0 Å². The van der Waals surface area contributed by atoms with Crippen molar-refractivity contribution < 1.29 is 38.4 Å². The van der Waals surface area contributed by atoms with Gasteiger partial charge in [-0.15, -0.1) is 0 Å². The van der Waals surface area contributed by atoms with E-state index in [9.17, 15) is 14.7 Å². The molecule has 0 radical (unpaired) electrons. The Kier molecular flexibility index (Phi) is 11.7. The summed E-state index contributed by atoms with van der Waals surface area (Å²) in [5, 5.41) is 12.1. The maximum Gasteiger partial charge on any atom is 0.261 e. The maximum absolute atomic E-state index is 12.8. The number of anilines is 1. The van der Waals surface area contributed by atoms with Crippen molar-refractivity contribution in [1.82, 2.24) is 24.4 Å². The van der Waals surface area contributed by atoms with Crippen LogP contribution in [0.5, 0.6) is 11.5 Å². The number of nitrogen functional groups attached to an aromatic ring is 1. The fourth-order valence-corrected chi connectivity index (χ4v) is 7.98. The molecule has 1 saturated heterocycles. The molecule has 59 heavy (non-hydrogen) atoms. The number of rotatable bonds is 17. The number of unbranched alkanes of at least 4 members (excludes halogenated alkanes) is 3. The zero-order chi connectivity index (χ0) is 40.9. The minimum absolute atomic E-state index is 0.0357. The number of ether oxygens (including phenoxy) is 5. The lowest BCUT2D eigenvalue weighted by Crippen LogP contribution is -2.40. The number of aliphatic hydroxyl groups is 1. The molecule has 2 aliphatic heterocycles. The van der Waals surface area contributed by atoms with Gasteiger partial charge in [-0.2, -0.15) is 0 Å². The first-order valence-corrected chi connectivity index (χ1v) is 19.7. The quantitative estimate of drug-likeness (QED) is 0.0634. The molecule has 4 atom stereocenters. The number of hydrogen-bond donors (Lipinski definition) is 2. The molecule has 6 aromatic rings. The standard InChI is InChI=1S/C45H46N6O8/c1-55-32-20-16-30(17-21-32)45(29-12-6-5-7-13-29,31-18-22-33(56-2)23-19-31)58-26-36-38(52)39(44(59-36)51-28-49-37-40(46)47-27-48-41(37)51)57-25-11-4-3-10-24-50-42(53)34-14-8-9-15-35(34)43(50)54/h5-9,12-23,27-28,36,38-39,44,52H,3-4,10-11,24-26H2,1-2H3,(H2,46,47,48)/t36-,38-,39-,44-/m1/s1. The van der Waals surface area contributed by atoms with E-state index in [0.717, 1.165) is 29.5 Å². The molecule has 0 bridgehead atoms. The second-order valence-electron chi connectivity index (χ2n) is 14.5. The van der Waals surface area contributed by atoms with Gasteiger partial charge in [0.2, 0.25) is 0 Å². The molecular formula is C45H46N6O8. The lowest BCUT2D eigenvalue weighted by molar-refractivity contribution is -0.0961. The topological polar surface area (TPSA) is 173 Å². The summed E-state index contributed by atoms with van der Waals surface area (Å²) in [6, 6.07) is 32.3. The Morgan fingerprint density at radius 2 is 1.34 bits per heavy atom. The molecule has 3 N–H and O–H groups in total. The van der Waals surface area contributed by atoms with Crippen LogP contribution in [-0.2, 0) is 19.8 Å². The normalized spacial score (nSPS) is 19.1. The van der Waals surface area contributed by atoms with E-state index in [4.69, 9.17) is 29.4 Å². The molecule has 0 saturated carbocycles. The molecule has 4 aromatic carbocycles. The number of imide groups is 1. The SMILES string of the molecule is COc1ccc(C(OC[C@H]2O[C@@H](n3cnc4c(N)ncnc43)[C@H](OCCCCCCN3C(=O)c4ccccc4C3=O)[C@@H]2O)(c2ccccc2)c2ccc(OC)cc2)cc1. The largest absolute Gasteiger partial charge is 0.497 e. The highest BCUT2D eigenvalue weighted by molar-refractivity contribution is 6.21. The molecule has 4 heterocycles. The molecule has 304 valence electrons. The van der Waals surface area contributed by atoms with E-state index < -0.39 is 30.1 Å². The van der Waals surface area contributed by atoms with E-state index >= 15 is 0 Å². The van der Waals surface area contributed by atoms with E-state index in [1.54, 1.807) is 49.4 Å². The number of methoxy groups -OCH3 is 2. The number of aromatic nitrogens is 4. The van der Waals surface area contributed by atoms with Crippen LogP contribution in [0.15, 0.2) is 116 Å². The third-order valence-electron chi connectivity index (χ3n) is 11.1. The summed E-state index contributed by atoms with van der Waals surface area (Å²) in [6.45, 7) is 0.631. The smallest absolute Gasteiger partial charge is 0.261 e. The van der Waals surface area contributed by atoms with Crippen molar-refractivity contribution in [3.8, 4) is 11.5 Å². The molecular weight excluding hydrogens is 753 g/mol. The number of carbonyl (C=O) groups excluding carboxylic acids is 2. The minimum Gasteiger partial charge on any atom is -0.497 e. The number of fused-ring (bicyclic) bond motifs is 2. The van der Waals surface area contributed by atoms with Gasteiger partial charge in [0.15, 0.2) is 17.7 Å². The zero-order valence-electron chi connectivity index (χ0n) is 32.8. The van der Waals surface area contributed by atoms with Crippen LogP contribution >= 0.6 is 0 Å². The highest BCUT2D eigenvalue weighted by Crippen LogP contribution is 2.43. The van der Waals surface area contributed by atoms with Crippen LogP contribution in [-0.4, -0.2) is 93.6 Å². The van der Waals surface area contributed by atoms with Gasteiger partial charge in [-0.1, -0.05) is 79.6 Å². The molecule has 1 fully saturated rings. The molecule has 2 amide bonds. The fraction of sp³-hybridized carbons (Fsp3) is 0.311. The zero-order valence-corrected chi connectivity index (χ0v) is 32.8. The number of benzene rings is 4. The maximum atomic E-state index is 12.8. The molecule has 0 unspecified atom stereocenters. The molecule has 8 rings (SSSR count). The first-order valence-electron chi connectivity index (χ1n) is 19.7. The molecule has 2 aliphatic rings. The van der Waals surface area contributed by atoms with Gasteiger partial charge in [-0.05, 0) is 65.9 Å². The summed E-state index contributed by atoms with van der Waals surface area (Å²) in [4.78, 5) is 39.9. The second kappa shape index (κ2) is 17.3. The van der Waals surface area contributed by atoms with Crippen molar-refractivity contribution in [2.45, 2.75) is 55.8 Å². The van der Waals surface area contributed by atoms with Gasteiger partial charge in [0.1, 0.15) is 47.3 Å². The monoisotopic (exact) mass is 798 g/mol. The minimum atomic E-state index is -1.15. The Balaban J connectivity index is 1.01. The number of amides is 2. The number of aliphatic hydroxyl groups excluding tert-OH is 1. The summed E-state index contributed by atoms with van der Waals surface area (Å²) >= 11 is 0. The molecule has 14 nitrogen and oxygen atoms in total. The summed E-state index contributed by atoms with van der Waals surface area (Å²) < 4.78 is 32.9. The van der Waals surface area contributed by atoms with Crippen LogP contribution in [0.4, 0.5) is 5.82 Å². The first kappa shape index (κ1) is 39.6. The van der Waals surface area contributed by atoms with Crippen molar-refractivity contribution in [2.24, 2.45) is 0 Å². The summed E-state index contributed by atoms with van der Waals surface area (Å²) in [7, 11) is 3.25. The number of hydrogen-bond acceptors (Lipinski definition) is 12. The van der Waals surface area contributed by atoms with E-state index in [-0.39, 0.29) is 24.2 Å². The van der Waals surface area contributed by atoms with Gasteiger partial charge in [0.05, 0.1) is 38.3 Å². The predicted molar refractivity (Wildman–Crippen MR) is 218 cm³/mol. The molecule has 2 aromatic heterocycles. The van der Waals surface area contributed by atoms with Crippen molar-refractivity contribution in [3.63, 3.8) is 0 Å². The average Bonchev–Trinajstić information content (AvgIpc) is 3.93. The fourth-order valence-electron chi connectivity index (χ4n) is 7.98. The van der Waals surface area contributed by atoms with Crippen molar-refractivity contribution in [3.05, 3.63) is 144 Å². The summed E-state index contributed by atoms with van der Waals surface area (Å²) in [5.41, 5.74) is 9.29. The van der Waals surface area contributed by atoms with Gasteiger partial charge < -0.3 is 34.5 Å². The molecule has 14 heteroatoms. The number of nitrogens with two attached hydrogens (primary N) is 1. The Bertz CT molecular complexity index is 2310. The highest BCUT2D eigenvalue weighted by Gasteiger charge is 2.48. The number of imidazole rings is 1. The number of nitrogens with zero attached hydrogens (tertiary/aromatic N) is 5. The van der Waals surface area contributed by atoms with E-state index in [1.165, 1.54) is 11.2 Å². The second-order valence-corrected chi connectivity index (χ2v) is 14.5. The van der Waals surface area contributed by atoms with Crippen LogP contribution in [0, 0.1) is 0 Å². The molecule has 0 aliphatic carbocycles. The van der Waals surface area contributed by atoms with E-state index in [1.807, 2.05) is 78.9 Å². The average molecular weight is 799 g/mol. The van der Waals surface area contributed by atoms with Crippen molar-refractivity contribution >= 4 is 28.8 Å². The van der Waals surface area contributed by atoms with E-state index in [0.29, 0.717) is 59.8 Å². The van der Waals surface area contributed by atoms with Gasteiger partial charge in [0.25, 0.3) is 11.8 Å². The van der Waals surface area contributed by atoms with Crippen LogP contribution < -0.4 is 15.2 Å². The summed E-state index contributed by atoms with van der Waals surface area (Å²) in [5.74, 6) is 1.12. The third kappa shape index (κ3) is 7.63. The summed E-state index contributed by atoms with van der Waals surface area (Å²) in [6.07, 6.45) is 2.19. The van der Waals surface area contributed by atoms with Crippen molar-refractivity contribution in [1.29, 1.82) is 0 Å². The highest BCUT2D eigenvalue weighted by atomic mass is 16.6. The third-order valence-corrected chi connectivity index (χ3v) is 11.1. The van der Waals surface area contributed by atoms with Crippen LogP contribution in [0.2, 0.25) is 0 Å². The van der Waals surface area contributed by atoms with Crippen LogP contribution in [0.25, 0.3) is 11.2 Å². The Morgan fingerprint density at radius 3 is 1.97 bits per heavy atom. The van der Waals surface area contributed by atoms with Crippen molar-refractivity contribution in [2.75, 3.05) is 39.7 Å². The lowest BCUT2D eigenvalue weighted by Gasteiger charge is -2.37. The first-order chi connectivity index (χ1) is 28.8. The van der Waals surface area contributed by atoms with Crippen LogP contribution in [0.3, 0.4) is 0 Å². The lowest BCUT2D eigenvalue weighted by atomic mass is 9.80. The van der Waals surface area contributed by atoms with Gasteiger partial charge in [-0.3, -0.25) is 19.1 Å². The molecule has 0 spiro atoms.